The fourth-order valence-corrected chi connectivity index (χ4v) is 3.31. The van der Waals surface area contributed by atoms with E-state index in [4.69, 9.17) is 11.1 Å². The lowest BCUT2D eigenvalue weighted by Gasteiger charge is -2.17. The normalized spacial score (nSPS) is 11.9. The molecule has 5 nitrogen and oxygen atoms in total. The number of carbonyl (C=O) groups is 1. The van der Waals surface area contributed by atoms with Gasteiger partial charge in [0.15, 0.2) is 5.96 Å². The smallest absolute Gasteiger partial charge is 0.311 e. The highest BCUT2D eigenvalue weighted by Gasteiger charge is 2.22. The van der Waals surface area contributed by atoms with Crippen molar-refractivity contribution in [1.82, 2.24) is 0 Å². The van der Waals surface area contributed by atoms with Crippen LogP contribution in [0.1, 0.15) is 89.0 Å². The largest absolute Gasteiger partial charge is 0.481 e. The minimum absolute atomic E-state index is 0.180. The van der Waals surface area contributed by atoms with Gasteiger partial charge >= 0.3 is 5.97 Å². The SMILES string of the molecule is CCCCCCCCCCCCC(C(=O)O)c1ccccc1NC(=N)N. The molecule has 0 aliphatic rings. The van der Waals surface area contributed by atoms with Gasteiger partial charge in [0, 0.05) is 5.69 Å². The lowest BCUT2D eigenvalue weighted by atomic mass is 9.91. The van der Waals surface area contributed by atoms with Gasteiger partial charge in [0.2, 0.25) is 0 Å². The standard InChI is InChI=1S/C21H35N3O2/c1-2-3-4-5-6-7-8-9-10-11-15-18(20(25)26)17-14-12-13-16-19(17)24-21(22)23/h12-14,16,18H,2-11,15H2,1H3,(H,25,26)(H4,22,23,24). The number of guanidine groups is 1. The second-order valence-corrected chi connectivity index (χ2v) is 6.99. The zero-order valence-corrected chi connectivity index (χ0v) is 16.1. The van der Waals surface area contributed by atoms with Crippen LogP contribution < -0.4 is 11.1 Å². The second-order valence-electron chi connectivity index (χ2n) is 6.99. The van der Waals surface area contributed by atoms with E-state index in [2.05, 4.69) is 12.2 Å². The number of carboxylic acid groups (broad SMARTS) is 1. The maximum Gasteiger partial charge on any atom is 0.311 e. The van der Waals surface area contributed by atoms with Crippen LogP contribution in [-0.2, 0) is 4.79 Å². The Morgan fingerprint density at radius 3 is 2.12 bits per heavy atom. The third kappa shape index (κ3) is 8.88. The van der Waals surface area contributed by atoms with Gasteiger partial charge in [-0.25, -0.2) is 0 Å². The van der Waals surface area contributed by atoms with E-state index in [0.29, 0.717) is 17.7 Å². The number of rotatable bonds is 14. The van der Waals surface area contributed by atoms with Crippen molar-refractivity contribution in [3.8, 4) is 0 Å². The van der Waals surface area contributed by atoms with Crippen molar-refractivity contribution in [3.63, 3.8) is 0 Å². The summed E-state index contributed by atoms with van der Waals surface area (Å²) < 4.78 is 0. The van der Waals surface area contributed by atoms with E-state index in [9.17, 15) is 9.90 Å². The molecule has 0 radical (unpaired) electrons. The summed E-state index contributed by atoms with van der Waals surface area (Å²) >= 11 is 0. The Morgan fingerprint density at radius 2 is 1.58 bits per heavy atom. The number of benzene rings is 1. The van der Waals surface area contributed by atoms with Crippen LogP contribution in [0.3, 0.4) is 0 Å². The van der Waals surface area contributed by atoms with Gasteiger partial charge in [-0.15, -0.1) is 0 Å². The van der Waals surface area contributed by atoms with Crippen LogP contribution in [0.4, 0.5) is 5.69 Å². The molecule has 0 aliphatic carbocycles. The van der Waals surface area contributed by atoms with Gasteiger partial charge < -0.3 is 16.2 Å². The molecule has 146 valence electrons. The molecule has 0 saturated carbocycles. The number of nitrogens with one attached hydrogen (secondary N) is 2. The number of hydrogen-bond acceptors (Lipinski definition) is 2. The Kier molecular flexibility index (Phi) is 11.2. The Morgan fingerprint density at radius 1 is 1.04 bits per heavy atom. The molecule has 0 amide bonds. The first-order valence-electron chi connectivity index (χ1n) is 9.99. The second kappa shape index (κ2) is 13.2. The van der Waals surface area contributed by atoms with E-state index in [0.717, 1.165) is 12.8 Å². The minimum atomic E-state index is -0.821. The van der Waals surface area contributed by atoms with Crippen molar-refractivity contribution in [2.75, 3.05) is 5.32 Å². The van der Waals surface area contributed by atoms with Crippen LogP contribution in [0, 0.1) is 5.41 Å². The lowest BCUT2D eigenvalue weighted by Crippen LogP contribution is -2.23. The zero-order valence-electron chi connectivity index (χ0n) is 16.1. The topological polar surface area (TPSA) is 99.2 Å². The molecular weight excluding hydrogens is 326 g/mol. The summed E-state index contributed by atoms with van der Waals surface area (Å²) in [5.41, 5.74) is 6.71. The quantitative estimate of drug-likeness (QED) is 0.200. The van der Waals surface area contributed by atoms with Gasteiger partial charge in [0.1, 0.15) is 0 Å². The number of para-hydroxylation sites is 1. The summed E-state index contributed by atoms with van der Waals surface area (Å²) in [6.07, 6.45) is 12.9. The highest BCUT2D eigenvalue weighted by atomic mass is 16.4. The summed E-state index contributed by atoms with van der Waals surface area (Å²) in [6.45, 7) is 2.24. The molecule has 0 saturated heterocycles. The van der Waals surface area contributed by atoms with E-state index in [1.165, 1.54) is 51.4 Å². The van der Waals surface area contributed by atoms with Crippen LogP contribution in [-0.4, -0.2) is 17.0 Å². The number of anilines is 1. The molecule has 0 aromatic heterocycles. The average molecular weight is 362 g/mol. The molecule has 1 aromatic rings. The molecule has 1 aromatic carbocycles. The Balaban J connectivity index is 2.37. The third-order valence-corrected chi connectivity index (χ3v) is 4.75. The molecule has 1 rings (SSSR count). The van der Waals surface area contributed by atoms with Gasteiger partial charge in [0.05, 0.1) is 5.92 Å². The van der Waals surface area contributed by atoms with Gasteiger partial charge in [-0.1, -0.05) is 89.3 Å². The van der Waals surface area contributed by atoms with Crippen molar-refractivity contribution in [1.29, 1.82) is 5.41 Å². The maximum absolute atomic E-state index is 11.7. The average Bonchev–Trinajstić information content (AvgIpc) is 2.60. The van der Waals surface area contributed by atoms with E-state index in [-0.39, 0.29) is 5.96 Å². The van der Waals surface area contributed by atoms with E-state index < -0.39 is 11.9 Å². The van der Waals surface area contributed by atoms with E-state index in [1.807, 2.05) is 12.1 Å². The molecule has 5 N–H and O–H groups in total. The predicted molar refractivity (Wildman–Crippen MR) is 109 cm³/mol. The zero-order chi connectivity index (χ0) is 19.2. The molecular formula is C21H35N3O2. The predicted octanol–water partition coefficient (Wildman–Crippen LogP) is 5.47. The summed E-state index contributed by atoms with van der Waals surface area (Å²) in [4.78, 5) is 11.7. The van der Waals surface area contributed by atoms with Crippen LogP contribution >= 0.6 is 0 Å². The summed E-state index contributed by atoms with van der Waals surface area (Å²) in [5, 5.41) is 19.7. The highest BCUT2D eigenvalue weighted by molar-refractivity contribution is 5.92. The number of hydrogen-bond donors (Lipinski definition) is 4. The van der Waals surface area contributed by atoms with Crippen LogP contribution in [0.25, 0.3) is 0 Å². The van der Waals surface area contributed by atoms with Gasteiger partial charge in [0.25, 0.3) is 0 Å². The molecule has 26 heavy (non-hydrogen) atoms. The summed E-state index contributed by atoms with van der Waals surface area (Å²) in [5.74, 6) is -1.56. The maximum atomic E-state index is 11.7. The Bertz CT molecular complexity index is 546. The number of aliphatic carboxylic acids is 1. The first-order valence-corrected chi connectivity index (χ1v) is 9.99. The first-order chi connectivity index (χ1) is 12.6. The molecule has 0 spiro atoms. The van der Waals surface area contributed by atoms with Crippen molar-refractivity contribution in [3.05, 3.63) is 29.8 Å². The highest BCUT2D eigenvalue weighted by Crippen LogP contribution is 2.29. The summed E-state index contributed by atoms with van der Waals surface area (Å²) in [6, 6.07) is 7.22. The molecule has 0 fully saturated rings. The monoisotopic (exact) mass is 361 g/mol. The number of nitrogens with two attached hydrogens (primary N) is 1. The molecule has 0 bridgehead atoms. The van der Waals surface area contributed by atoms with E-state index >= 15 is 0 Å². The van der Waals surface area contributed by atoms with Crippen molar-refractivity contribution >= 4 is 17.6 Å². The minimum Gasteiger partial charge on any atom is -0.481 e. The number of unbranched alkanes of at least 4 members (excludes halogenated alkanes) is 9. The van der Waals surface area contributed by atoms with Gasteiger partial charge in [-0.05, 0) is 18.1 Å². The number of carboxylic acids is 1. The fourth-order valence-electron chi connectivity index (χ4n) is 3.31. The van der Waals surface area contributed by atoms with E-state index in [1.54, 1.807) is 12.1 Å². The van der Waals surface area contributed by atoms with Gasteiger partial charge in [-0.2, -0.15) is 0 Å². The van der Waals surface area contributed by atoms with Crippen molar-refractivity contribution in [2.45, 2.75) is 83.5 Å². The van der Waals surface area contributed by atoms with Crippen molar-refractivity contribution < 1.29 is 9.90 Å². The Labute approximate surface area is 157 Å². The van der Waals surface area contributed by atoms with Crippen LogP contribution in [0.2, 0.25) is 0 Å². The molecule has 5 heteroatoms. The lowest BCUT2D eigenvalue weighted by molar-refractivity contribution is -0.139. The Hall–Kier alpha value is -2.04. The molecule has 0 aliphatic heterocycles. The third-order valence-electron chi connectivity index (χ3n) is 4.75. The molecule has 0 heterocycles. The van der Waals surface area contributed by atoms with Crippen LogP contribution in [0.5, 0.6) is 0 Å². The van der Waals surface area contributed by atoms with Crippen molar-refractivity contribution in [2.24, 2.45) is 5.73 Å². The molecule has 1 unspecified atom stereocenters. The molecule has 1 atom stereocenters. The first kappa shape index (κ1) is 22.0. The van der Waals surface area contributed by atoms with Gasteiger partial charge in [-0.3, -0.25) is 10.2 Å². The summed E-state index contributed by atoms with van der Waals surface area (Å²) in [7, 11) is 0. The fraction of sp³-hybridized carbons (Fsp3) is 0.619. The van der Waals surface area contributed by atoms with Crippen LogP contribution in [0.15, 0.2) is 24.3 Å².